The predicted octanol–water partition coefficient (Wildman–Crippen LogP) is 4.47. The molecule has 1 aliphatic rings. The molecule has 0 aliphatic carbocycles. The normalized spacial score (nSPS) is 16.4. The smallest absolute Gasteiger partial charge is 0.356 e. The molecule has 2 aromatic carbocycles. The van der Waals surface area contributed by atoms with E-state index in [9.17, 15) is 9.59 Å². The Morgan fingerprint density at radius 3 is 2.46 bits per heavy atom. The molecule has 1 N–H and O–H groups in total. The maximum absolute atomic E-state index is 12.5. The number of hydrogen-bond donors (Lipinski definition) is 1. The largest absolute Gasteiger partial charge is 0.462 e. The van der Waals surface area contributed by atoms with Crippen LogP contribution in [0.3, 0.4) is 0 Å². The van der Waals surface area contributed by atoms with E-state index in [2.05, 4.69) is 27.9 Å². The van der Waals surface area contributed by atoms with Crippen molar-refractivity contribution in [3.63, 3.8) is 0 Å². The summed E-state index contributed by atoms with van der Waals surface area (Å²) in [5.74, 6) is -1.20. The lowest BCUT2D eigenvalue weighted by atomic mass is 10.0. The minimum atomic E-state index is -0.842. The highest BCUT2D eigenvalue weighted by Gasteiger charge is 2.40. The molecule has 1 unspecified atom stereocenters. The van der Waals surface area contributed by atoms with Gasteiger partial charge in [-0.1, -0.05) is 23.7 Å². The molecule has 1 aliphatic heterocycles. The fourth-order valence-electron chi connectivity index (χ4n) is 2.55. The maximum Gasteiger partial charge on any atom is 0.356 e. The van der Waals surface area contributed by atoms with Crippen molar-refractivity contribution in [1.29, 1.82) is 0 Å². The molecule has 3 rings (SSSR count). The average molecular weight is 484 g/mol. The number of anilines is 1. The minimum Gasteiger partial charge on any atom is -0.462 e. The Kier molecular flexibility index (Phi) is 5.83. The third kappa shape index (κ3) is 4.02. The van der Waals surface area contributed by atoms with E-state index in [1.807, 2.05) is 24.3 Å². The first-order chi connectivity index (χ1) is 12.5. The first kappa shape index (κ1) is 18.7. The van der Waals surface area contributed by atoms with Crippen LogP contribution in [0.2, 0.25) is 5.02 Å². The van der Waals surface area contributed by atoms with E-state index >= 15 is 0 Å². The SMILES string of the molecule is CCOC(=O)C1=C(Nc2ccc(I)cc2)C(=O)OC1c1ccc(Cl)cc1. The lowest BCUT2D eigenvalue weighted by molar-refractivity contribution is -0.142. The van der Waals surface area contributed by atoms with Crippen molar-refractivity contribution < 1.29 is 19.1 Å². The number of carbonyl (C=O) groups is 2. The van der Waals surface area contributed by atoms with Gasteiger partial charge in [0.25, 0.3) is 0 Å². The highest BCUT2D eigenvalue weighted by atomic mass is 127. The van der Waals surface area contributed by atoms with Gasteiger partial charge in [0, 0.05) is 14.3 Å². The number of hydrogen-bond acceptors (Lipinski definition) is 5. The Morgan fingerprint density at radius 2 is 1.85 bits per heavy atom. The highest BCUT2D eigenvalue weighted by molar-refractivity contribution is 14.1. The highest BCUT2D eigenvalue weighted by Crippen LogP contribution is 2.37. The monoisotopic (exact) mass is 483 g/mol. The molecule has 134 valence electrons. The Morgan fingerprint density at radius 1 is 1.19 bits per heavy atom. The molecule has 1 heterocycles. The zero-order valence-electron chi connectivity index (χ0n) is 13.8. The number of carbonyl (C=O) groups excluding carboxylic acids is 2. The van der Waals surface area contributed by atoms with Gasteiger partial charge in [0.15, 0.2) is 6.10 Å². The van der Waals surface area contributed by atoms with Gasteiger partial charge < -0.3 is 14.8 Å². The average Bonchev–Trinajstić information content (AvgIpc) is 2.94. The van der Waals surface area contributed by atoms with Crippen molar-refractivity contribution in [3.8, 4) is 0 Å². The molecule has 5 nitrogen and oxygen atoms in total. The van der Waals surface area contributed by atoms with Gasteiger partial charge in [-0.3, -0.25) is 0 Å². The summed E-state index contributed by atoms with van der Waals surface area (Å²) in [6, 6.07) is 14.2. The summed E-state index contributed by atoms with van der Waals surface area (Å²) in [7, 11) is 0. The van der Waals surface area contributed by atoms with Crippen molar-refractivity contribution in [2.45, 2.75) is 13.0 Å². The van der Waals surface area contributed by atoms with Crippen LogP contribution < -0.4 is 5.32 Å². The van der Waals surface area contributed by atoms with Crippen LogP contribution in [-0.4, -0.2) is 18.5 Å². The molecule has 0 amide bonds. The second kappa shape index (κ2) is 8.09. The molecule has 26 heavy (non-hydrogen) atoms. The molecule has 0 saturated carbocycles. The minimum absolute atomic E-state index is 0.0876. The standard InChI is InChI=1S/C19H15ClINO4/c1-2-25-18(23)15-16(22-14-9-7-13(21)8-10-14)19(24)26-17(15)11-3-5-12(20)6-4-11/h3-10,17,22H,2H2,1H3. The lowest BCUT2D eigenvalue weighted by Gasteiger charge is -2.13. The van der Waals surface area contributed by atoms with Crippen LogP contribution in [0.15, 0.2) is 59.8 Å². The number of cyclic esters (lactones) is 1. The number of esters is 2. The topological polar surface area (TPSA) is 64.6 Å². The molecule has 0 radical (unpaired) electrons. The summed E-state index contributed by atoms with van der Waals surface area (Å²) in [5, 5.41) is 3.55. The van der Waals surface area contributed by atoms with Crippen molar-refractivity contribution >= 4 is 51.8 Å². The second-order valence-electron chi connectivity index (χ2n) is 5.48. The molecule has 0 spiro atoms. The van der Waals surface area contributed by atoms with Crippen LogP contribution >= 0.6 is 34.2 Å². The van der Waals surface area contributed by atoms with E-state index in [1.54, 1.807) is 31.2 Å². The number of nitrogens with one attached hydrogen (secondary N) is 1. The molecule has 7 heteroatoms. The molecule has 0 fully saturated rings. The Balaban J connectivity index is 2.01. The number of rotatable bonds is 5. The van der Waals surface area contributed by atoms with Crippen LogP contribution in [0.25, 0.3) is 0 Å². The first-order valence-electron chi connectivity index (χ1n) is 7.90. The van der Waals surface area contributed by atoms with Crippen molar-refractivity contribution in [1.82, 2.24) is 0 Å². The molecule has 0 saturated heterocycles. The lowest BCUT2D eigenvalue weighted by Crippen LogP contribution is -2.16. The van der Waals surface area contributed by atoms with Crippen LogP contribution in [-0.2, 0) is 19.1 Å². The van der Waals surface area contributed by atoms with E-state index in [0.29, 0.717) is 16.3 Å². The van der Waals surface area contributed by atoms with Crippen LogP contribution in [0.5, 0.6) is 0 Å². The zero-order chi connectivity index (χ0) is 18.7. The maximum atomic E-state index is 12.5. The Labute approximate surface area is 169 Å². The number of halogens is 2. The van der Waals surface area contributed by atoms with Gasteiger partial charge in [0.05, 0.1) is 6.61 Å². The van der Waals surface area contributed by atoms with Crippen LogP contribution in [0, 0.1) is 3.57 Å². The van der Waals surface area contributed by atoms with Crippen molar-refractivity contribution in [2.75, 3.05) is 11.9 Å². The number of ether oxygens (including phenoxy) is 2. The predicted molar refractivity (Wildman–Crippen MR) is 107 cm³/mol. The van der Waals surface area contributed by atoms with E-state index in [-0.39, 0.29) is 17.9 Å². The molecule has 0 aromatic heterocycles. The Bertz CT molecular complexity index is 862. The summed E-state index contributed by atoms with van der Waals surface area (Å²) in [4.78, 5) is 25.0. The van der Waals surface area contributed by atoms with Gasteiger partial charge in [0.2, 0.25) is 0 Å². The van der Waals surface area contributed by atoms with E-state index in [0.717, 1.165) is 3.57 Å². The third-order valence-electron chi connectivity index (χ3n) is 3.74. The van der Waals surface area contributed by atoms with Crippen molar-refractivity contribution in [2.24, 2.45) is 0 Å². The van der Waals surface area contributed by atoms with Crippen LogP contribution in [0.1, 0.15) is 18.6 Å². The third-order valence-corrected chi connectivity index (χ3v) is 4.71. The molecular formula is C19H15ClINO4. The summed E-state index contributed by atoms with van der Waals surface area (Å²) < 4.78 is 11.7. The zero-order valence-corrected chi connectivity index (χ0v) is 16.7. The van der Waals surface area contributed by atoms with E-state index in [4.69, 9.17) is 21.1 Å². The summed E-state index contributed by atoms with van der Waals surface area (Å²) in [6.07, 6.45) is -0.842. The summed E-state index contributed by atoms with van der Waals surface area (Å²) >= 11 is 8.11. The first-order valence-corrected chi connectivity index (χ1v) is 9.35. The van der Waals surface area contributed by atoms with Gasteiger partial charge in [-0.15, -0.1) is 0 Å². The van der Waals surface area contributed by atoms with Gasteiger partial charge in [-0.25, -0.2) is 9.59 Å². The van der Waals surface area contributed by atoms with Crippen LogP contribution in [0.4, 0.5) is 5.69 Å². The van der Waals surface area contributed by atoms with E-state index < -0.39 is 18.0 Å². The molecular weight excluding hydrogens is 469 g/mol. The number of benzene rings is 2. The van der Waals surface area contributed by atoms with Gasteiger partial charge in [0.1, 0.15) is 11.3 Å². The summed E-state index contributed by atoms with van der Waals surface area (Å²) in [6.45, 7) is 1.90. The van der Waals surface area contributed by atoms with Gasteiger partial charge in [-0.2, -0.15) is 0 Å². The van der Waals surface area contributed by atoms with Gasteiger partial charge >= 0.3 is 11.9 Å². The molecule has 0 bridgehead atoms. The molecule has 2 aromatic rings. The summed E-state index contributed by atoms with van der Waals surface area (Å²) in [5.41, 5.74) is 1.56. The van der Waals surface area contributed by atoms with E-state index in [1.165, 1.54) is 0 Å². The molecule has 1 atom stereocenters. The second-order valence-corrected chi connectivity index (χ2v) is 7.16. The van der Waals surface area contributed by atoms with Crippen molar-refractivity contribution in [3.05, 3.63) is 74.0 Å². The quantitative estimate of drug-likeness (QED) is 0.502. The fraction of sp³-hybridized carbons (Fsp3) is 0.158. The fourth-order valence-corrected chi connectivity index (χ4v) is 3.04. The van der Waals surface area contributed by atoms with Gasteiger partial charge in [-0.05, 0) is 71.5 Å². The Hall–Kier alpha value is -2.06.